The maximum Gasteiger partial charge on any atom is 0.304 e. The number of Topliss-reactive ketones (excluding diaryl/α,β-unsaturated/α-hetero) is 1. The highest BCUT2D eigenvalue weighted by Crippen LogP contribution is 2.40. The Labute approximate surface area is 138 Å². The molecule has 0 fully saturated rings. The van der Waals surface area contributed by atoms with E-state index in [2.05, 4.69) is 0 Å². The number of hydrogen-bond donors (Lipinski definition) is 1. The molecule has 0 bridgehead atoms. The van der Waals surface area contributed by atoms with Gasteiger partial charge in [-0.1, -0.05) is 12.1 Å². The van der Waals surface area contributed by atoms with Crippen molar-refractivity contribution in [3.05, 3.63) is 53.6 Å². The van der Waals surface area contributed by atoms with Crippen LogP contribution >= 0.6 is 0 Å². The molecule has 3 rings (SSSR count). The van der Waals surface area contributed by atoms with Crippen LogP contribution < -0.4 is 9.47 Å². The monoisotopic (exact) mass is 328 g/mol. The summed E-state index contributed by atoms with van der Waals surface area (Å²) in [4.78, 5) is 24.7. The summed E-state index contributed by atoms with van der Waals surface area (Å²) in [5, 5.41) is 9.53. The second kappa shape index (κ2) is 5.88. The molecule has 6 heteroatoms. The number of rotatable bonds is 3. The Hall–Kier alpha value is -3.02. The van der Waals surface area contributed by atoms with Gasteiger partial charge in [-0.3, -0.25) is 9.59 Å². The molecule has 0 aliphatic carbocycles. The third kappa shape index (κ3) is 2.56. The zero-order chi connectivity index (χ0) is 17.3. The number of ether oxygens (including phenoxy) is 3. The van der Waals surface area contributed by atoms with Crippen molar-refractivity contribution in [2.24, 2.45) is 0 Å². The van der Waals surface area contributed by atoms with E-state index in [1.807, 2.05) is 0 Å². The fourth-order valence-corrected chi connectivity index (χ4v) is 2.74. The summed E-state index contributed by atoms with van der Waals surface area (Å²) in [6.07, 6.45) is 0. The summed E-state index contributed by atoms with van der Waals surface area (Å²) in [5.41, 5.74) is -0.833. The van der Waals surface area contributed by atoms with Crippen molar-refractivity contribution in [2.75, 3.05) is 13.7 Å². The van der Waals surface area contributed by atoms with E-state index in [-0.39, 0.29) is 23.7 Å². The summed E-state index contributed by atoms with van der Waals surface area (Å²) in [6.45, 7) is 1.07. The van der Waals surface area contributed by atoms with Gasteiger partial charge in [0.1, 0.15) is 23.9 Å². The average molecular weight is 328 g/mol. The van der Waals surface area contributed by atoms with Crippen LogP contribution in [0, 0.1) is 0 Å². The first-order valence-corrected chi connectivity index (χ1v) is 7.31. The highest BCUT2D eigenvalue weighted by molar-refractivity contribution is 6.07. The molecule has 0 amide bonds. The van der Waals surface area contributed by atoms with Crippen molar-refractivity contribution >= 4 is 11.8 Å². The van der Waals surface area contributed by atoms with Gasteiger partial charge in [0, 0.05) is 18.6 Å². The molecule has 0 saturated heterocycles. The largest absolute Gasteiger partial charge is 0.508 e. The molecule has 1 aliphatic heterocycles. The van der Waals surface area contributed by atoms with Crippen molar-refractivity contribution < 1.29 is 28.9 Å². The molecule has 1 aliphatic rings. The van der Waals surface area contributed by atoms with E-state index in [9.17, 15) is 14.7 Å². The fourth-order valence-electron chi connectivity index (χ4n) is 2.74. The van der Waals surface area contributed by atoms with Crippen LogP contribution in [0.1, 0.15) is 22.8 Å². The quantitative estimate of drug-likeness (QED) is 0.872. The SMILES string of the molecule is COc1ccc(C2(OC(C)=O)COc3cc(O)ccc3C2=O)cc1. The lowest BCUT2D eigenvalue weighted by atomic mass is 9.84. The second-order valence-electron chi connectivity index (χ2n) is 5.45. The molecule has 124 valence electrons. The van der Waals surface area contributed by atoms with E-state index in [4.69, 9.17) is 14.2 Å². The van der Waals surface area contributed by atoms with Gasteiger partial charge in [0.15, 0.2) is 0 Å². The summed E-state index contributed by atoms with van der Waals surface area (Å²) in [5.74, 6) is -0.123. The first kappa shape index (κ1) is 15.9. The molecule has 6 nitrogen and oxygen atoms in total. The zero-order valence-corrected chi connectivity index (χ0v) is 13.2. The van der Waals surface area contributed by atoms with Gasteiger partial charge < -0.3 is 19.3 Å². The number of carbonyl (C=O) groups excluding carboxylic acids is 2. The van der Waals surface area contributed by atoms with Gasteiger partial charge in [-0.2, -0.15) is 0 Å². The van der Waals surface area contributed by atoms with Gasteiger partial charge in [-0.25, -0.2) is 0 Å². The number of aromatic hydroxyl groups is 1. The maximum atomic E-state index is 13.1. The lowest BCUT2D eigenvalue weighted by molar-refractivity contribution is -0.156. The van der Waals surface area contributed by atoms with Crippen molar-refractivity contribution in [1.29, 1.82) is 0 Å². The number of carbonyl (C=O) groups is 2. The molecule has 1 unspecified atom stereocenters. The van der Waals surface area contributed by atoms with E-state index < -0.39 is 17.4 Å². The highest BCUT2D eigenvalue weighted by atomic mass is 16.6. The number of esters is 1. The van der Waals surface area contributed by atoms with Gasteiger partial charge in [0.25, 0.3) is 0 Å². The summed E-state index contributed by atoms with van der Waals surface area (Å²) < 4.78 is 16.1. The lowest BCUT2D eigenvalue weighted by Crippen LogP contribution is -2.48. The summed E-state index contributed by atoms with van der Waals surface area (Å²) >= 11 is 0. The molecule has 24 heavy (non-hydrogen) atoms. The Balaban J connectivity index is 2.11. The second-order valence-corrected chi connectivity index (χ2v) is 5.45. The summed E-state index contributed by atoms with van der Waals surface area (Å²) in [7, 11) is 1.54. The van der Waals surface area contributed by atoms with Crippen molar-refractivity contribution in [1.82, 2.24) is 0 Å². The first-order chi connectivity index (χ1) is 11.5. The smallest absolute Gasteiger partial charge is 0.304 e. The predicted molar refractivity (Wildman–Crippen MR) is 84.4 cm³/mol. The van der Waals surface area contributed by atoms with Crippen LogP contribution in [0.4, 0.5) is 0 Å². The number of phenolic OH excluding ortho intramolecular Hbond substituents is 1. The third-order valence-corrected chi connectivity index (χ3v) is 3.88. The van der Waals surface area contributed by atoms with Gasteiger partial charge >= 0.3 is 5.97 Å². The summed E-state index contributed by atoms with van der Waals surface area (Å²) in [6, 6.07) is 10.9. The number of fused-ring (bicyclic) bond motifs is 1. The number of methoxy groups -OCH3 is 1. The molecular weight excluding hydrogens is 312 g/mol. The molecule has 2 aromatic rings. The zero-order valence-electron chi connectivity index (χ0n) is 13.2. The standard InChI is InChI=1S/C18H16O6/c1-11(19)24-18(12-3-6-14(22-2)7-4-12)10-23-16-9-13(20)5-8-15(16)17(18)21/h3-9,20H,10H2,1-2H3. The Morgan fingerprint density at radius 3 is 2.54 bits per heavy atom. The van der Waals surface area contributed by atoms with Gasteiger partial charge in [0.2, 0.25) is 11.4 Å². The van der Waals surface area contributed by atoms with Crippen LogP contribution in [0.3, 0.4) is 0 Å². The van der Waals surface area contributed by atoms with Gasteiger partial charge in [0.05, 0.1) is 12.7 Å². The molecule has 2 aromatic carbocycles. The van der Waals surface area contributed by atoms with E-state index in [0.717, 1.165) is 0 Å². The minimum absolute atomic E-state index is 0.00835. The fraction of sp³-hybridized carbons (Fsp3) is 0.222. The van der Waals surface area contributed by atoms with E-state index >= 15 is 0 Å². The van der Waals surface area contributed by atoms with Crippen LogP contribution in [0.25, 0.3) is 0 Å². The van der Waals surface area contributed by atoms with Gasteiger partial charge in [-0.05, 0) is 24.3 Å². The molecular formula is C18H16O6. The Morgan fingerprint density at radius 1 is 1.21 bits per heavy atom. The predicted octanol–water partition coefficient (Wildman–Crippen LogP) is 2.43. The first-order valence-electron chi connectivity index (χ1n) is 7.31. The van der Waals surface area contributed by atoms with Crippen molar-refractivity contribution in [2.45, 2.75) is 12.5 Å². The Bertz CT molecular complexity index is 796. The van der Waals surface area contributed by atoms with Gasteiger partial charge in [-0.15, -0.1) is 0 Å². The maximum absolute atomic E-state index is 13.1. The highest BCUT2D eigenvalue weighted by Gasteiger charge is 2.49. The Morgan fingerprint density at radius 2 is 1.92 bits per heavy atom. The molecule has 1 atom stereocenters. The normalized spacial score (nSPS) is 19.2. The number of benzene rings is 2. The number of hydrogen-bond acceptors (Lipinski definition) is 6. The van der Waals surface area contributed by atoms with Crippen LogP contribution in [-0.4, -0.2) is 30.6 Å². The van der Waals surface area contributed by atoms with Crippen molar-refractivity contribution in [3.8, 4) is 17.2 Å². The van der Waals surface area contributed by atoms with E-state index in [1.165, 1.54) is 32.2 Å². The number of phenols is 1. The van der Waals surface area contributed by atoms with E-state index in [0.29, 0.717) is 11.3 Å². The van der Waals surface area contributed by atoms with Crippen molar-refractivity contribution in [3.63, 3.8) is 0 Å². The molecule has 0 aromatic heterocycles. The third-order valence-electron chi connectivity index (χ3n) is 3.88. The number of ketones is 1. The molecule has 1 heterocycles. The van der Waals surface area contributed by atoms with Crippen LogP contribution in [0.15, 0.2) is 42.5 Å². The average Bonchev–Trinajstić information content (AvgIpc) is 2.57. The molecule has 0 spiro atoms. The molecule has 0 radical (unpaired) electrons. The topological polar surface area (TPSA) is 82.1 Å². The molecule has 1 N–H and O–H groups in total. The molecule has 0 saturated carbocycles. The minimum Gasteiger partial charge on any atom is -0.508 e. The van der Waals surface area contributed by atoms with Crippen LogP contribution in [0.5, 0.6) is 17.2 Å². The van der Waals surface area contributed by atoms with E-state index in [1.54, 1.807) is 24.3 Å². The van der Waals surface area contributed by atoms with Crippen LogP contribution in [0.2, 0.25) is 0 Å². The lowest BCUT2D eigenvalue weighted by Gasteiger charge is -2.36. The Kier molecular flexibility index (Phi) is 3.89. The minimum atomic E-state index is -1.57. The van der Waals surface area contributed by atoms with Crippen LogP contribution in [-0.2, 0) is 15.1 Å².